The largest absolute Gasteiger partial charge is 0.361 e. The molecule has 0 aliphatic rings. The number of nitrogens with zero attached hydrogens (tertiary/aromatic N) is 3. The van der Waals surface area contributed by atoms with Crippen molar-refractivity contribution >= 4 is 34.6 Å². The van der Waals surface area contributed by atoms with Gasteiger partial charge in [0.05, 0.1) is 0 Å². The molecule has 0 aliphatic heterocycles. The van der Waals surface area contributed by atoms with Crippen LogP contribution in [0.3, 0.4) is 0 Å². The molecule has 8 heteroatoms. The van der Waals surface area contributed by atoms with Crippen LogP contribution in [-0.4, -0.2) is 21.0 Å². The number of amides is 1. The van der Waals surface area contributed by atoms with E-state index in [-0.39, 0.29) is 11.6 Å². The number of aromatic nitrogens is 3. The summed E-state index contributed by atoms with van der Waals surface area (Å²) in [4.78, 5) is 21.1. The Hall–Kier alpha value is -4.20. The number of rotatable bonds is 6. The van der Waals surface area contributed by atoms with Crippen molar-refractivity contribution in [2.45, 2.75) is 20.8 Å². The molecule has 0 fully saturated rings. The van der Waals surface area contributed by atoms with Crippen LogP contribution in [0.1, 0.15) is 27.6 Å². The lowest BCUT2D eigenvalue weighted by molar-refractivity contribution is 0.101. The van der Waals surface area contributed by atoms with Gasteiger partial charge in [-0.15, -0.1) is 0 Å². The Bertz CT molecular complexity index is 1200. The van der Waals surface area contributed by atoms with Crippen molar-refractivity contribution in [2.24, 2.45) is 0 Å². The lowest BCUT2D eigenvalue weighted by Crippen LogP contribution is -2.12. The highest BCUT2D eigenvalue weighted by Crippen LogP contribution is 2.22. The first-order valence-corrected chi connectivity index (χ1v) is 9.76. The molecule has 0 saturated heterocycles. The lowest BCUT2D eigenvalue weighted by atomic mass is 10.2. The zero-order valence-corrected chi connectivity index (χ0v) is 17.4. The van der Waals surface area contributed by atoms with Crippen LogP contribution in [0.15, 0.2) is 65.2 Å². The van der Waals surface area contributed by atoms with Gasteiger partial charge in [-0.05, 0) is 57.2 Å². The van der Waals surface area contributed by atoms with Gasteiger partial charge in [0.1, 0.15) is 23.2 Å². The Kier molecular flexibility index (Phi) is 5.61. The van der Waals surface area contributed by atoms with E-state index in [0.29, 0.717) is 28.9 Å². The van der Waals surface area contributed by atoms with Crippen LogP contribution < -0.4 is 16.0 Å². The number of hydrogen-bond donors (Lipinski definition) is 3. The number of anilines is 5. The van der Waals surface area contributed by atoms with Gasteiger partial charge in [0.2, 0.25) is 0 Å². The molecule has 2 heterocycles. The average Bonchev–Trinajstić information content (AvgIpc) is 3.17. The highest BCUT2D eigenvalue weighted by Gasteiger charge is 2.11. The highest BCUT2D eigenvalue weighted by molar-refractivity contribution is 6.02. The lowest BCUT2D eigenvalue weighted by Gasteiger charge is -2.11. The molecule has 4 aromatic rings. The first-order chi connectivity index (χ1) is 14.9. The number of aryl methyl sites for hydroxylation is 3. The highest BCUT2D eigenvalue weighted by atomic mass is 16.5. The van der Waals surface area contributed by atoms with Gasteiger partial charge < -0.3 is 20.5 Å². The summed E-state index contributed by atoms with van der Waals surface area (Å²) in [6.45, 7) is 5.63. The Morgan fingerprint density at radius 2 is 1.32 bits per heavy atom. The first kappa shape index (κ1) is 20.1. The maximum Gasteiger partial charge on any atom is 0.277 e. The fraction of sp³-hybridized carbons (Fsp3) is 0.130. The van der Waals surface area contributed by atoms with Crippen molar-refractivity contribution in [3.05, 3.63) is 83.5 Å². The molecule has 0 radical (unpaired) electrons. The molecule has 0 bridgehead atoms. The second-order valence-corrected chi connectivity index (χ2v) is 7.16. The van der Waals surface area contributed by atoms with E-state index >= 15 is 0 Å². The SMILES string of the molecule is Cc1ccc(Nc2cc(Nc3ccc(NC(=O)c4cc(C)on4)cc3)nc(C)n2)cc1. The van der Waals surface area contributed by atoms with Crippen molar-refractivity contribution in [3.63, 3.8) is 0 Å². The molecule has 4 rings (SSSR count). The molecular formula is C23H22N6O2. The zero-order chi connectivity index (χ0) is 21.8. The second kappa shape index (κ2) is 8.66. The fourth-order valence-corrected chi connectivity index (χ4v) is 2.93. The molecule has 0 aliphatic carbocycles. The summed E-state index contributed by atoms with van der Waals surface area (Å²) < 4.78 is 4.93. The van der Waals surface area contributed by atoms with Gasteiger partial charge in [0.15, 0.2) is 5.69 Å². The minimum absolute atomic E-state index is 0.241. The quantitative estimate of drug-likeness (QED) is 0.402. The summed E-state index contributed by atoms with van der Waals surface area (Å²) >= 11 is 0. The molecule has 31 heavy (non-hydrogen) atoms. The molecule has 0 unspecified atom stereocenters. The summed E-state index contributed by atoms with van der Waals surface area (Å²) in [5, 5.41) is 13.1. The molecule has 0 atom stereocenters. The third-order valence-corrected chi connectivity index (χ3v) is 4.44. The van der Waals surface area contributed by atoms with Gasteiger partial charge in [-0.25, -0.2) is 9.97 Å². The van der Waals surface area contributed by atoms with E-state index in [1.54, 1.807) is 25.1 Å². The van der Waals surface area contributed by atoms with Gasteiger partial charge in [-0.3, -0.25) is 4.79 Å². The summed E-state index contributed by atoms with van der Waals surface area (Å²) in [6.07, 6.45) is 0. The third kappa shape index (κ3) is 5.24. The van der Waals surface area contributed by atoms with Crippen LogP contribution in [0.25, 0.3) is 0 Å². The number of nitrogens with one attached hydrogen (secondary N) is 3. The first-order valence-electron chi connectivity index (χ1n) is 9.76. The van der Waals surface area contributed by atoms with Crippen LogP contribution >= 0.6 is 0 Å². The molecule has 0 saturated carbocycles. The minimum atomic E-state index is -0.323. The van der Waals surface area contributed by atoms with E-state index in [9.17, 15) is 4.79 Å². The maximum absolute atomic E-state index is 12.2. The molecule has 1 amide bonds. The van der Waals surface area contributed by atoms with E-state index in [1.165, 1.54) is 5.56 Å². The number of benzene rings is 2. The monoisotopic (exact) mass is 414 g/mol. The molecule has 2 aromatic heterocycles. The van der Waals surface area contributed by atoms with Crippen LogP contribution in [-0.2, 0) is 0 Å². The smallest absolute Gasteiger partial charge is 0.277 e. The zero-order valence-electron chi connectivity index (χ0n) is 17.4. The summed E-state index contributed by atoms with van der Waals surface area (Å²) in [5.41, 5.74) is 3.87. The predicted octanol–water partition coefficient (Wildman–Crippen LogP) is 5.13. The Labute approximate surface area is 179 Å². The molecular weight excluding hydrogens is 392 g/mol. The standard InChI is InChI=1S/C23H22N6O2/c1-14-4-6-17(7-5-14)26-21-13-22(25-16(3)24-21)27-18-8-10-19(11-9-18)28-23(30)20-12-15(2)31-29-20/h4-13H,1-3H3,(H,28,30)(H2,24,25,26,27). The van der Waals surface area contributed by atoms with Gasteiger partial charge in [0.25, 0.3) is 5.91 Å². The van der Waals surface area contributed by atoms with Gasteiger partial charge in [-0.1, -0.05) is 22.9 Å². The molecule has 0 spiro atoms. The molecule has 156 valence electrons. The van der Waals surface area contributed by atoms with Crippen LogP contribution in [0.4, 0.5) is 28.7 Å². The maximum atomic E-state index is 12.2. The Morgan fingerprint density at radius 3 is 1.87 bits per heavy atom. The van der Waals surface area contributed by atoms with E-state index in [1.807, 2.05) is 56.3 Å². The number of carbonyl (C=O) groups is 1. The van der Waals surface area contributed by atoms with Crippen molar-refractivity contribution in [1.82, 2.24) is 15.1 Å². The van der Waals surface area contributed by atoms with Gasteiger partial charge in [0, 0.05) is 29.2 Å². The third-order valence-electron chi connectivity index (χ3n) is 4.44. The van der Waals surface area contributed by atoms with E-state index in [0.717, 1.165) is 11.4 Å². The van der Waals surface area contributed by atoms with Crippen molar-refractivity contribution in [1.29, 1.82) is 0 Å². The number of carbonyl (C=O) groups excluding carboxylic acids is 1. The predicted molar refractivity (Wildman–Crippen MR) is 120 cm³/mol. The van der Waals surface area contributed by atoms with Crippen molar-refractivity contribution < 1.29 is 9.32 Å². The van der Waals surface area contributed by atoms with Crippen molar-refractivity contribution in [3.8, 4) is 0 Å². The second-order valence-electron chi connectivity index (χ2n) is 7.16. The van der Waals surface area contributed by atoms with Crippen molar-refractivity contribution in [2.75, 3.05) is 16.0 Å². The van der Waals surface area contributed by atoms with Crippen LogP contribution in [0.5, 0.6) is 0 Å². The van der Waals surface area contributed by atoms with E-state index < -0.39 is 0 Å². The molecule has 8 nitrogen and oxygen atoms in total. The Morgan fingerprint density at radius 1 is 0.774 bits per heavy atom. The summed E-state index contributed by atoms with van der Waals surface area (Å²) in [6, 6.07) is 18.8. The molecule has 2 aromatic carbocycles. The van der Waals surface area contributed by atoms with Gasteiger partial charge in [-0.2, -0.15) is 0 Å². The van der Waals surface area contributed by atoms with Crippen LogP contribution in [0, 0.1) is 20.8 Å². The fourth-order valence-electron chi connectivity index (χ4n) is 2.93. The topological polar surface area (TPSA) is 105 Å². The summed E-state index contributed by atoms with van der Waals surface area (Å²) in [7, 11) is 0. The normalized spacial score (nSPS) is 10.5. The minimum Gasteiger partial charge on any atom is -0.361 e. The number of hydrogen-bond acceptors (Lipinski definition) is 7. The van der Waals surface area contributed by atoms with E-state index in [4.69, 9.17) is 4.52 Å². The van der Waals surface area contributed by atoms with Crippen LogP contribution in [0.2, 0.25) is 0 Å². The molecule has 3 N–H and O–H groups in total. The Balaban J connectivity index is 1.43. The average molecular weight is 414 g/mol. The van der Waals surface area contributed by atoms with Gasteiger partial charge >= 0.3 is 0 Å². The summed E-state index contributed by atoms with van der Waals surface area (Å²) in [5.74, 6) is 2.27. The van der Waals surface area contributed by atoms with E-state index in [2.05, 4.69) is 31.1 Å².